The molecular weight excluding hydrogens is 365 g/mol. The Morgan fingerprint density at radius 2 is 1.88 bits per heavy atom. The molecule has 0 fully saturated rings. The number of carbonyl (C=O) groups excluding carboxylic acids is 2. The number of hydrogen-bond acceptors (Lipinski definition) is 4. The highest BCUT2D eigenvalue weighted by molar-refractivity contribution is 6.34. The highest BCUT2D eigenvalue weighted by Crippen LogP contribution is 2.20. The fraction of sp³-hybridized carbons (Fsp3) is 0.278. The third-order valence-electron chi connectivity index (χ3n) is 3.68. The van der Waals surface area contributed by atoms with Crippen LogP contribution in [0.4, 0.5) is 0 Å². The molecule has 0 bridgehead atoms. The zero-order valence-corrected chi connectivity index (χ0v) is 15.1. The Balaban J connectivity index is 2.14. The van der Waals surface area contributed by atoms with Gasteiger partial charge in [0, 0.05) is 19.0 Å². The molecule has 132 valence electrons. The third kappa shape index (κ3) is 5.18. The van der Waals surface area contributed by atoms with Crippen molar-refractivity contribution in [2.75, 3.05) is 0 Å². The van der Waals surface area contributed by atoms with Gasteiger partial charge < -0.3 is 9.30 Å². The second-order valence-corrected chi connectivity index (χ2v) is 6.30. The first-order chi connectivity index (χ1) is 11.9. The number of aromatic nitrogens is 1. The molecule has 7 heteroatoms. The van der Waals surface area contributed by atoms with Crippen molar-refractivity contribution in [3.05, 3.63) is 67.6 Å². The van der Waals surface area contributed by atoms with Gasteiger partial charge in [-0.3, -0.25) is 14.4 Å². The normalized spacial score (nSPS) is 10.5. The van der Waals surface area contributed by atoms with E-state index in [1.807, 2.05) is 12.1 Å². The van der Waals surface area contributed by atoms with Crippen LogP contribution < -0.4 is 5.56 Å². The zero-order chi connectivity index (χ0) is 18.4. The Bertz CT molecular complexity index is 828. The first-order valence-electron chi connectivity index (χ1n) is 7.67. The summed E-state index contributed by atoms with van der Waals surface area (Å²) >= 11 is 12.1. The minimum atomic E-state index is -0.458. The molecule has 1 heterocycles. The first kappa shape index (κ1) is 19.2. The Morgan fingerprint density at radius 3 is 2.48 bits per heavy atom. The lowest BCUT2D eigenvalue weighted by Crippen LogP contribution is -2.25. The number of halogens is 2. The summed E-state index contributed by atoms with van der Waals surface area (Å²) in [5.41, 5.74) is 1.71. The molecule has 25 heavy (non-hydrogen) atoms. The molecule has 0 radical (unpaired) electrons. The van der Waals surface area contributed by atoms with E-state index in [1.165, 1.54) is 17.6 Å². The zero-order valence-electron chi connectivity index (χ0n) is 13.6. The summed E-state index contributed by atoms with van der Waals surface area (Å²) in [6, 6.07) is 8.60. The van der Waals surface area contributed by atoms with Crippen molar-refractivity contribution in [1.29, 1.82) is 0 Å². The highest BCUT2D eigenvalue weighted by atomic mass is 35.5. The highest BCUT2D eigenvalue weighted by Gasteiger charge is 2.14. The Kier molecular flexibility index (Phi) is 6.79. The van der Waals surface area contributed by atoms with E-state index in [-0.39, 0.29) is 22.2 Å². The molecule has 1 aromatic carbocycles. The molecule has 2 aromatic rings. The van der Waals surface area contributed by atoms with Crippen LogP contribution in [0.15, 0.2) is 35.1 Å². The van der Waals surface area contributed by atoms with Crippen LogP contribution in [0, 0.1) is 0 Å². The number of aryl methyl sites for hydroxylation is 1. The SMILES string of the molecule is CC(=O)OCc1c(Cl)cc(Cl)c(=O)n1CCCc1ccc(C=O)cc1. The Hall–Kier alpha value is -2.11. The Labute approximate surface area is 155 Å². The van der Waals surface area contributed by atoms with Gasteiger partial charge in [-0.2, -0.15) is 0 Å². The van der Waals surface area contributed by atoms with Crippen molar-refractivity contribution in [3.8, 4) is 0 Å². The molecule has 0 aliphatic heterocycles. The van der Waals surface area contributed by atoms with E-state index in [2.05, 4.69) is 0 Å². The number of carbonyl (C=O) groups is 2. The summed E-state index contributed by atoms with van der Waals surface area (Å²) < 4.78 is 6.41. The van der Waals surface area contributed by atoms with E-state index in [1.54, 1.807) is 12.1 Å². The van der Waals surface area contributed by atoms with Crippen LogP contribution in [0.25, 0.3) is 0 Å². The molecule has 0 saturated carbocycles. The van der Waals surface area contributed by atoms with E-state index in [9.17, 15) is 14.4 Å². The maximum atomic E-state index is 12.3. The number of aldehydes is 1. The van der Waals surface area contributed by atoms with E-state index in [0.29, 0.717) is 30.6 Å². The third-order valence-corrected chi connectivity index (χ3v) is 4.28. The van der Waals surface area contributed by atoms with Gasteiger partial charge in [0.15, 0.2) is 0 Å². The summed E-state index contributed by atoms with van der Waals surface area (Å²) in [6.45, 7) is 1.58. The molecule has 0 amide bonds. The van der Waals surface area contributed by atoms with Gasteiger partial charge in [0.05, 0.1) is 10.7 Å². The van der Waals surface area contributed by atoms with E-state index >= 15 is 0 Å². The van der Waals surface area contributed by atoms with Crippen molar-refractivity contribution in [3.63, 3.8) is 0 Å². The lowest BCUT2D eigenvalue weighted by molar-refractivity contribution is -0.142. The summed E-state index contributed by atoms with van der Waals surface area (Å²) in [4.78, 5) is 34.0. The number of ether oxygens (including phenoxy) is 1. The fourth-order valence-corrected chi connectivity index (χ4v) is 2.93. The van der Waals surface area contributed by atoms with Crippen LogP contribution in [0.5, 0.6) is 0 Å². The second kappa shape index (κ2) is 8.83. The molecule has 0 aliphatic rings. The van der Waals surface area contributed by atoms with E-state index in [4.69, 9.17) is 27.9 Å². The molecule has 5 nitrogen and oxygen atoms in total. The summed E-state index contributed by atoms with van der Waals surface area (Å²) in [5, 5.41) is 0.299. The average molecular weight is 382 g/mol. The maximum Gasteiger partial charge on any atom is 0.303 e. The lowest BCUT2D eigenvalue weighted by atomic mass is 10.1. The predicted molar refractivity (Wildman–Crippen MR) is 96.3 cm³/mol. The predicted octanol–water partition coefficient (Wildman–Crippen LogP) is 3.66. The first-order valence-corrected chi connectivity index (χ1v) is 8.43. The molecule has 0 saturated heterocycles. The van der Waals surface area contributed by atoms with Crippen molar-refractivity contribution in [1.82, 2.24) is 4.57 Å². The summed E-state index contributed by atoms with van der Waals surface area (Å²) in [7, 11) is 0. The van der Waals surface area contributed by atoms with Gasteiger partial charge in [-0.1, -0.05) is 47.5 Å². The van der Waals surface area contributed by atoms with E-state index < -0.39 is 5.97 Å². The molecule has 1 aromatic heterocycles. The number of hydrogen-bond donors (Lipinski definition) is 0. The number of esters is 1. The Morgan fingerprint density at radius 1 is 1.20 bits per heavy atom. The van der Waals surface area contributed by atoms with Gasteiger partial charge in [0.2, 0.25) is 0 Å². The molecule has 0 spiro atoms. The quantitative estimate of drug-likeness (QED) is 0.542. The molecule has 0 unspecified atom stereocenters. The minimum Gasteiger partial charge on any atom is -0.459 e. The molecule has 2 rings (SSSR count). The minimum absolute atomic E-state index is 0.0203. The molecule has 0 N–H and O–H groups in total. The van der Waals surface area contributed by atoms with Gasteiger partial charge in [0.25, 0.3) is 5.56 Å². The lowest BCUT2D eigenvalue weighted by Gasteiger charge is -2.15. The van der Waals surface area contributed by atoms with E-state index in [0.717, 1.165) is 11.8 Å². The van der Waals surface area contributed by atoms with Crippen molar-refractivity contribution < 1.29 is 14.3 Å². The topological polar surface area (TPSA) is 65.4 Å². The van der Waals surface area contributed by atoms with Gasteiger partial charge >= 0.3 is 5.97 Å². The smallest absolute Gasteiger partial charge is 0.303 e. The van der Waals surface area contributed by atoms with Gasteiger partial charge in [-0.25, -0.2) is 0 Å². The standard InChI is InChI=1S/C18H17Cl2NO4/c1-12(23)25-11-17-15(19)9-16(20)18(24)21(17)8-2-3-13-4-6-14(10-22)7-5-13/h4-7,9-10H,2-3,8,11H2,1H3. The molecule has 0 aliphatic carbocycles. The van der Waals surface area contributed by atoms with Crippen molar-refractivity contribution in [2.45, 2.75) is 32.9 Å². The second-order valence-electron chi connectivity index (χ2n) is 5.49. The summed E-state index contributed by atoms with van der Waals surface area (Å²) in [5.74, 6) is -0.458. The van der Waals surface area contributed by atoms with Crippen LogP contribution in [0.3, 0.4) is 0 Å². The van der Waals surface area contributed by atoms with Crippen LogP contribution >= 0.6 is 23.2 Å². The number of pyridine rings is 1. The number of rotatable bonds is 7. The summed E-state index contributed by atoms with van der Waals surface area (Å²) in [6.07, 6.45) is 2.16. The number of nitrogens with zero attached hydrogens (tertiary/aromatic N) is 1. The average Bonchev–Trinajstić information content (AvgIpc) is 2.59. The fourth-order valence-electron chi connectivity index (χ4n) is 2.39. The molecular formula is C18H17Cl2NO4. The molecule has 0 atom stereocenters. The van der Waals surface area contributed by atoms with Crippen LogP contribution in [0.2, 0.25) is 10.0 Å². The van der Waals surface area contributed by atoms with Crippen molar-refractivity contribution in [2.24, 2.45) is 0 Å². The monoisotopic (exact) mass is 381 g/mol. The van der Waals surface area contributed by atoms with Gasteiger partial charge in [-0.05, 0) is 24.5 Å². The van der Waals surface area contributed by atoms with Crippen LogP contribution in [-0.2, 0) is 29.1 Å². The largest absolute Gasteiger partial charge is 0.459 e. The van der Waals surface area contributed by atoms with Crippen molar-refractivity contribution >= 4 is 35.5 Å². The number of benzene rings is 1. The van der Waals surface area contributed by atoms with Crippen LogP contribution in [0.1, 0.15) is 35.0 Å². The van der Waals surface area contributed by atoms with Gasteiger partial charge in [-0.15, -0.1) is 0 Å². The maximum absolute atomic E-state index is 12.3. The van der Waals surface area contributed by atoms with Crippen LogP contribution in [-0.4, -0.2) is 16.8 Å². The van der Waals surface area contributed by atoms with Gasteiger partial charge in [0.1, 0.15) is 17.9 Å².